The maximum atomic E-state index is 5.91. The quantitative estimate of drug-likeness (QED) is 0.0890. The molecule has 2 saturated heterocycles. The van der Waals surface area contributed by atoms with Crippen LogP contribution in [-0.2, 0) is 35.2 Å². The van der Waals surface area contributed by atoms with Crippen molar-refractivity contribution in [2.45, 2.75) is 62.8 Å². The lowest BCUT2D eigenvalue weighted by Gasteiger charge is -2.27. The fourth-order valence-electron chi connectivity index (χ4n) is 7.20. The Hall–Kier alpha value is -5.09. The van der Waals surface area contributed by atoms with Gasteiger partial charge in [-0.25, -0.2) is 0 Å². The van der Waals surface area contributed by atoms with Crippen LogP contribution in [0.4, 0.5) is 0 Å². The van der Waals surface area contributed by atoms with E-state index in [0.717, 1.165) is 72.5 Å². The first-order chi connectivity index (χ1) is 28.6. The first-order valence-corrected chi connectivity index (χ1v) is 20.5. The van der Waals surface area contributed by atoms with Crippen LogP contribution in [0.1, 0.15) is 35.1 Å². The van der Waals surface area contributed by atoms with E-state index >= 15 is 0 Å². The molecule has 0 radical (unpaired) electrons. The van der Waals surface area contributed by atoms with Crippen molar-refractivity contribution in [3.8, 4) is 33.8 Å². The highest BCUT2D eigenvalue weighted by Gasteiger charge is 2.18. The third-order valence-corrected chi connectivity index (χ3v) is 10.9. The van der Waals surface area contributed by atoms with Crippen LogP contribution in [0, 0.1) is 0 Å². The minimum atomic E-state index is 0. The fraction of sp³-hybridized carbons (Fsp3) is 0.320. The fourth-order valence-corrected chi connectivity index (χ4v) is 7.20. The third-order valence-electron chi connectivity index (χ3n) is 10.9. The van der Waals surface area contributed by atoms with Crippen LogP contribution < -0.4 is 20.1 Å². The molecule has 0 bridgehead atoms. The van der Waals surface area contributed by atoms with Gasteiger partial charge in [-0.1, -0.05) is 109 Å². The highest BCUT2D eigenvalue weighted by Crippen LogP contribution is 2.27. The maximum absolute atomic E-state index is 5.91. The summed E-state index contributed by atoms with van der Waals surface area (Å²) in [5.74, 6) is 1.64. The van der Waals surface area contributed by atoms with Crippen LogP contribution >= 0.6 is 12.4 Å². The van der Waals surface area contributed by atoms with Crippen LogP contribution in [0.15, 0.2) is 146 Å². The summed E-state index contributed by atoms with van der Waals surface area (Å²) in [5.41, 5.74) is 9.56. The number of nitrogens with one attached hydrogen (secondary N) is 2. The summed E-state index contributed by atoms with van der Waals surface area (Å²) in [6, 6.07) is 43.3. The highest BCUT2D eigenvalue weighted by atomic mass is 35.5. The molecule has 4 aromatic carbocycles. The zero-order chi connectivity index (χ0) is 39.8. The van der Waals surface area contributed by atoms with Gasteiger partial charge in [0.1, 0.15) is 24.7 Å². The van der Waals surface area contributed by atoms with Crippen molar-refractivity contribution < 1.29 is 18.9 Å². The molecular weight excluding hydrogens is 756 g/mol. The van der Waals surface area contributed by atoms with Gasteiger partial charge in [-0.3, -0.25) is 9.97 Å². The molecule has 9 heteroatoms. The highest BCUT2D eigenvalue weighted by molar-refractivity contribution is 5.85. The van der Waals surface area contributed by atoms with Crippen LogP contribution in [0.3, 0.4) is 0 Å². The molecule has 0 unspecified atom stereocenters. The predicted molar refractivity (Wildman–Crippen MR) is 240 cm³/mol. The Morgan fingerprint density at radius 3 is 1.25 bits per heavy atom. The molecule has 4 atom stereocenters. The second kappa shape index (κ2) is 22.9. The molecule has 0 aliphatic carbocycles. The summed E-state index contributed by atoms with van der Waals surface area (Å²) in [7, 11) is 3.58. The summed E-state index contributed by atoms with van der Waals surface area (Å²) in [6.07, 6.45) is 13.6. The number of methoxy groups -OCH3 is 2. The summed E-state index contributed by atoms with van der Waals surface area (Å²) >= 11 is 0. The third kappa shape index (κ3) is 13.5. The van der Waals surface area contributed by atoms with Crippen molar-refractivity contribution in [3.05, 3.63) is 168 Å². The first-order valence-electron chi connectivity index (χ1n) is 20.5. The first kappa shape index (κ1) is 43.5. The number of halogens is 1. The molecule has 308 valence electrons. The molecule has 6 aromatic rings. The van der Waals surface area contributed by atoms with Crippen molar-refractivity contribution in [3.63, 3.8) is 0 Å². The molecule has 0 saturated carbocycles. The van der Waals surface area contributed by atoms with Gasteiger partial charge in [-0.05, 0) is 97.1 Å². The second-order valence-electron chi connectivity index (χ2n) is 15.2. The predicted octanol–water partition coefficient (Wildman–Crippen LogP) is 9.00. The molecule has 59 heavy (non-hydrogen) atoms. The lowest BCUT2D eigenvalue weighted by molar-refractivity contribution is 0.103. The van der Waals surface area contributed by atoms with Crippen LogP contribution in [-0.4, -0.2) is 74.8 Å². The number of rotatable bonds is 18. The maximum Gasteiger partial charge on any atom is 0.138 e. The number of pyridine rings is 2. The number of hydrogen-bond donors (Lipinski definition) is 2. The van der Waals surface area contributed by atoms with Gasteiger partial charge >= 0.3 is 0 Å². The average Bonchev–Trinajstić information content (AvgIpc) is 3.23. The number of ether oxygens (including phenoxy) is 4. The SMILES string of the molecule is CO[C@@H](Cc1ccccc1)Cc1cccc(-c2cncc(OC[C@@H]3CCN3)c2)c1.CO[C@@H](Cc1ccccc1)Cc1cccc(-c2cncc(OC[C@@H]3CCN3)c2)c1.Cl. The van der Waals surface area contributed by atoms with Crippen molar-refractivity contribution in [1.29, 1.82) is 0 Å². The van der Waals surface area contributed by atoms with Gasteiger partial charge in [0.25, 0.3) is 0 Å². The van der Waals surface area contributed by atoms with Gasteiger partial charge in [0.2, 0.25) is 0 Å². The topological polar surface area (TPSA) is 86.8 Å². The van der Waals surface area contributed by atoms with Gasteiger partial charge in [-0.15, -0.1) is 12.4 Å². The van der Waals surface area contributed by atoms with E-state index < -0.39 is 0 Å². The number of hydrogen-bond acceptors (Lipinski definition) is 8. The van der Waals surface area contributed by atoms with Gasteiger partial charge in [0.15, 0.2) is 0 Å². The zero-order valence-corrected chi connectivity index (χ0v) is 35.0. The van der Waals surface area contributed by atoms with E-state index in [9.17, 15) is 0 Å². The van der Waals surface area contributed by atoms with Crippen LogP contribution in [0.25, 0.3) is 22.3 Å². The van der Waals surface area contributed by atoms with Gasteiger partial charge in [-0.2, -0.15) is 0 Å². The Kier molecular flexibility index (Phi) is 16.9. The molecule has 2 aliphatic rings. The molecule has 8 nitrogen and oxygen atoms in total. The zero-order valence-electron chi connectivity index (χ0n) is 34.2. The van der Waals surface area contributed by atoms with Crippen molar-refractivity contribution in [2.75, 3.05) is 40.5 Å². The summed E-state index contributed by atoms with van der Waals surface area (Å²) in [4.78, 5) is 8.75. The smallest absolute Gasteiger partial charge is 0.138 e. The van der Waals surface area contributed by atoms with Crippen LogP contribution in [0.5, 0.6) is 11.5 Å². The Balaban J connectivity index is 0.000000195. The van der Waals surface area contributed by atoms with Crippen LogP contribution in [0.2, 0.25) is 0 Å². The Morgan fingerprint density at radius 1 is 0.492 bits per heavy atom. The summed E-state index contributed by atoms with van der Waals surface area (Å²) < 4.78 is 23.3. The Labute approximate surface area is 356 Å². The molecule has 2 N–H and O–H groups in total. The molecule has 0 amide bonds. The Bertz CT molecular complexity index is 1980. The van der Waals surface area contributed by atoms with E-state index in [4.69, 9.17) is 18.9 Å². The van der Waals surface area contributed by atoms with Crippen molar-refractivity contribution in [1.82, 2.24) is 20.6 Å². The molecule has 0 spiro atoms. The molecule has 4 heterocycles. The minimum Gasteiger partial charge on any atom is -0.490 e. The molecule has 2 fully saturated rings. The second-order valence-corrected chi connectivity index (χ2v) is 15.2. The summed E-state index contributed by atoms with van der Waals surface area (Å²) in [5, 5.41) is 6.71. The van der Waals surface area contributed by atoms with Gasteiger partial charge < -0.3 is 29.6 Å². The van der Waals surface area contributed by atoms with E-state index in [2.05, 4.69) is 130 Å². The minimum absolute atomic E-state index is 0. The van der Waals surface area contributed by atoms with Gasteiger partial charge in [0.05, 0.1) is 24.6 Å². The number of benzene rings is 4. The lowest BCUT2D eigenvalue weighted by atomic mass is 9.98. The van der Waals surface area contributed by atoms with E-state index in [1.165, 1.54) is 35.1 Å². The average molecular weight is 813 g/mol. The van der Waals surface area contributed by atoms with E-state index in [-0.39, 0.29) is 24.6 Å². The van der Waals surface area contributed by atoms with Gasteiger partial charge in [0, 0.05) is 49.8 Å². The number of nitrogens with zero attached hydrogens (tertiary/aromatic N) is 2. The standard InChI is InChI=1S/2C25H28N2O2.ClH/c2*1-28-24(13-19-6-3-2-4-7-19)14-20-8-5-9-21(12-20)22-15-25(17-26-16-22)29-18-23-10-11-27-23;/h2*2-9,12,15-17,23-24,27H,10-11,13-14,18H2,1H3;1H/t2*23-,24-;/m00./s1. The van der Waals surface area contributed by atoms with Crippen molar-refractivity contribution >= 4 is 12.4 Å². The largest absolute Gasteiger partial charge is 0.490 e. The monoisotopic (exact) mass is 812 g/mol. The molecule has 8 rings (SSSR count). The molecule has 2 aromatic heterocycles. The van der Waals surface area contributed by atoms with E-state index in [1.54, 1.807) is 26.6 Å². The number of aromatic nitrogens is 2. The summed E-state index contributed by atoms with van der Waals surface area (Å²) in [6.45, 7) is 3.57. The van der Waals surface area contributed by atoms with Crippen molar-refractivity contribution in [2.24, 2.45) is 0 Å². The van der Waals surface area contributed by atoms with E-state index in [1.807, 2.05) is 24.5 Å². The normalized spacial score (nSPS) is 16.5. The molecule has 2 aliphatic heterocycles. The molecular formula is C50H57ClN4O4. The van der Waals surface area contributed by atoms with E-state index in [0.29, 0.717) is 25.3 Å². The Morgan fingerprint density at radius 2 is 0.881 bits per heavy atom. The lowest BCUT2D eigenvalue weighted by Crippen LogP contribution is -2.46.